The minimum atomic E-state index is -0.313. The lowest BCUT2D eigenvalue weighted by molar-refractivity contribution is 0.262. The molecule has 0 saturated carbocycles. The van der Waals surface area contributed by atoms with Gasteiger partial charge in [0.15, 0.2) is 5.82 Å². The Labute approximate surface area is 140 Å². The van der Waals surface area contributed by atoms with Crippen LogP contribution in [0.2, 0.25) is 0 Å². The summed E-state index contributed by atoms with van der Waals surface area (Å²) in [5.74, 6) is 0.501. The van der Waals surface area contributed by atoms with E-state index < -0.39 is 0 Å². The van der Waals surface area contributed by atoms with Gasteiger partial charge in [-0.05, 0) is 48.7 Å². The van der Waals surface area contributed by atoms with Crippen LogP contribution in [0, 0.1) is 13.8 Å². The van der Waals surface area contributed by atoms with Gasteiger partial charge in [0.1, 0.15) is 0 Å². The quantitative estimate of drug-likeness (QED) is 0.771. The van der Waals surface area contributed by atoms with Gasteiger partial charge in [0.2, 0.25) is 0 Å². The minimum absolute atomic E-state index is 0.313. The Morgan fingerprint density at radius 3 is 2.62 bits per heavy atom. The second-order valence-corrected chi connectivity index (χ2v) is 5.72. The first-order valence-electron chi connectivity index (χ1n) is 7.67. The molecule has 3 aromatic rings. The maximum absolute atomic E-state index is 12.1. The molecule has 0 aliphatic heterocycles. The number of hydrogen-bond donors (Lipinski definition) is 2. The number of nitrogens with zero attached hydrogens (tertiary/aromatic N) is 3. The van der Waals surface area contributed by atoms with Crippen LogP contribution in [0.5, 0.6) is 0 Å². The van der Waals surface area contributed by atoms with Gasteiger partial charge in [-0.2, -0.15) is 5.10 Å². The highest BCUT2D eigenvalue weighted by Crippen LogP contribution is 2.14. The van der Waals surface area contributed by atoms with Crippen molar-refractivity contribution in [2.24, 2.45) is 0 Å². The molecular formula is C18H19N5O. The number of aromatic nitrogens is 3. The topological polar surface area (TPSA) is 71.8 Å². The molecule has 0 aliphatic carbocycles. The standard InChI is InChI=1S/C18H19N5O/c1-13-8-14(2)10-16(9-13)20-18(24)21-17-5-7-23(22-17)12-15-4-3-6-19-11-15/h3-11H,12H2,1-2H3,(H2,20,21,22,24). The first kappa shape index (κ1) is 15.7. The fraction of sp³-hybridized carbons (Fsp3) is 0.167. The summed E-state index contributed by atoms with van der Waals surface area (Å²) < 4.78 is 1.75. The van der Waals surface area contributed by atoms with E-state index in [-0.39, 0.29) is 6.03 Å². The molecule has 2 aromatic heterocycles. The molecule has 3 rings (SSSR count). The Morgan fingerprint density at radius 1 is 1.12 bits per heavy atom. The van der Waals surface area contributed by atoms with Crippen molar-refractivity contribution in [3.63, 3.8) is 0 Å². The molecule has 0 saturated heterocycles. The number of pyridine rings is 1. The van der Waals surface area contributed by atoms with Gasteiger partial charge in [-0.15, -0.1) is 0 Å². The molecule has 6 heteroatoms. The van der Waals surface area contributed by atoms with Crippen molar-refractivity contribution in [1.29, 1.82) is 0 Å². The van der Waals surface area contributed by atoms with E-state index >= 15 is 0 Å². The second-order valence-electron chi connectivity index (χ2n) is 5.72. The van der Waals surface area contributed by atoms with Crippen LogP contribution in [0.4, 0.5) is 16.3 Å². The zero-order valence-electron chi connectivity index (χ0n) is 13.7. The summed E-state index contributed by atoms with van der Waals surface area (Å²) in [7, 11) is 0. The Bertz CT molecular complexity index is 821. The van der Waals surface area contributed by atoms with E-state index in [9.17, 15) is 4.79 Å². The number of carbonyl (C=O) groups excluding carboxylic acids is 1. The first-order valence-corrected chi connectivity index (χ1v) is 7.67. The van der Waals surface area contributed by atoms with E-state index in [1.165, 1.54) is 0 Å². The number of urea groups is 1. The van der Waals surface area contributed by atoms with Gasteiger partial charge in [-0.1, -0.05) is 12.1 Å². The highest BCUT2D eigenvalue weighted by atomic mass is 16.2. The molecule has 0 spiro atoms. The van der Waals surface area contributed by atoms with Gasteiger partial charge in [-0.3, -0.25) is 15.0 Å². The summed E-state index contributed by atoms with van der Waals surface area (Å²) in [6, 6.07) is 11.2. The summed E-state index contributed by atoms with van der Waals surface area (Å²) in [6.07, 6.45) is 5.35. The van der Waals surface area contributed by atoms with Crippen molar-refractivity contribution < 1.29 is 4.79 Å². The molecule has 0 fully saturated rings. The number of nitrogens with one attached hydrogen (secondary N) is 2. The molecule has 2 N–H and O–H groups in total. The van der Waals surface area contributed by atoms with E-state index in [2.05, 4.69) is 26.8 Å². The van der Waals surface area contributed by atoms with Crippen LogP contribution in [0.3, 0.4) is 0 Å². The summed E-state index contributed by atoms with van der Waals surface area (Å²) in [5, 5.41) is 9.90. The lowest BCUT2D eigenvalue weighted by Gasteiger charge is -2.08. The Kier molecular flexibility index (Phi) is 4.56. The molecule has 122 valence electrons. The molecular weight excluding hydrogens is 302 g/mol. The molecule has 1 aromatic carbocycles. The highest BCUT2D eigenvalue weighted by Gasteiger charge is 2.06. The third-order valence-electron chi connectivity index (χ3n) is 3.43. The number of anilines is 2. The predicted octanol–water partition coefficient (Wildman–Crippen LogP) is 3.59. The highest BCUT2D eigenvalue weighted by molar-refractivity contribution is 5.99. The molecule has 0 bridgehead atoms. The van der Waals surface area contributed by atoms with E-state index in [0.29, 0.717) is 12.4 Å². The van der Waals surface area contributed by atoms with Crippen molar-refractivity contribution in [3.05, 3.63) is 71.7 Å². The van der Waals surface area contributed by atoms with E-state index in [1.54, 1.807) is 23.1 Å². The van der Waals surface area contributed by atoms with Crippen LogP contribution in [-0.2, 0) is 6.54 Å². The molecule has 24 heavy (non-hydrogen) atoms. The molecule has 6 nitrogen and oxygen atoms in total. The summed E-state index contributed by atoms with van der Waals surface area (Å²) in [4.78, 5) is 16.2. The molecule has 2 heterocycles. The van der Waals surface area contributed by atoms with Gasteiger partial charge in [-0.25, -0.2) is 4.79 Å². The maximum atomic E-state index is 12.1. The number of aryl methyl sites for hydroxylation is 2. The van der Waals surface area contributed by atoms with Gasteiger partial charge >= 0.3 is 6.03 Å². The smallest absolute Gasteiger partial charge is 0.308 e. The number of carbonyl (C=O) groups is 1. The van der Waals surface area contributed by atoms with E-state index in [1.807, 2.05) is 44.3 Å². The lowest BCUT2D eigenvalue weighted by atomic mass is 10.1. The number of rotatable bonds is 4. The van der Waals surface area contributed by atoms with Crippen molar-refractivity contribution in [3.8, 4) is 0 Å². The molecule has 2 amide bonds. The predicted molar refractivity (Wildman–Crippen MR) is 94.1 cm³/mol. The third-order valence-corrected chi connectivity index (χ3v) is 3.43. The normalized spacial score (nSPS) is 10.4. The van der Waals surface area contributed by atoms with Gasteiger partial charge in [0.25, 0.3) is 0 Å². The van der Waals surface area contributed by atoms with E-state index in [0.717, 1.165) is 22.4 Å². The number of benzene rings is 1. The van der Waals surface area contributed by atoms with Crippen molar-refractivity contribution in [1.82, 2.24) is 14.8 Å². The monoisotopic (exact) mass is 321 g/mol. The fourth-order valence-electron chi connectivity index (χ4n) is 2.52. The Hall–Kier alpha value is -3.15. The number of amides is 2. The molecule has 0 radical (unpaired) electrons. The lowest BCUT2D eigenvalue weighted by Crippen LogP contribution is -2.20. The second kappa shape index (κ2) is 6.95. The van der Waals surface area contributed by atoms with Crippen LogP contribution < -0.4 is 10.6 Å². The summed E-state index contributed by atoms with van der Waals surface area (Å²) in [5.41, 5.74) is 4.02. The van der Waals surface area contributed by atoms with Crippen LogP contribution in [0.15, 0.2) is 55.0 Å². The third kappa shape index (κ3) is 4.19. The van der Waals surface area contributed by atoms with Crippen LogP contribution in [0.25, 0.3) is 0 Å². The minimum Gasteiger partial charge on any atom is -0.308 e. The Balaban J connectivity index is 1.61. The average Bonchev–Trinajstić information content (AvgIpc) is 2.94. The van der Waals surface area contributed by atoms with Gasteiger partial charge in [0, 0.05) is 30.3 Å². The summed E-state index contributed by atoms with van der Waals surface area (Å²) in [6.45, 7) is 4.60. The van der Waals surface area contributed by atoms with Crippen molar-refractivity contribution >= 4 is 17.5 Å². The number of hydrogen-bond acceptors (Lipinski definition) is 3. The summed E-state index contributed by atoms with van der Waals surface area (Å²) >= 11 is 0. The Morgan fingerprint density at radius 2 is 1.92 bits per heavy atom. The largest absolute Gasteiger partial charge is 0.324 e. The first-order chi connectivity index (χ1) is 11.6. The van der Waals surface area contributed by atoms with Crippen LogP contribution in [-0.4, -0.2) is 20.8 Å². The van der Waals surface area contributed by atoms with E-state index in [4.69, 9.17) is 0 Å². The van der Waals surface area contributed by atoms with Crippen molar-refractivity contribution in [2.45, 2.75) is 20.4 Å². The zero-order valence-corrected chi connectivity index (χ0v) is 13.7. The van der Waals surface area contributed by atoms with Gasteiger partial charge in [0.05, 0.1) is 6.54 Å². The SMILES string of the molecule is Cc1cc(C)cc(NC(=O)Nc2ccn(Cc3cccnc3)n2)c1. The fourth-order valence-corrected chi connectivity index (χ4v) is 2.52. The molecule has 0 unspecified atom stereocenters. The molecule has 0 aliphatic rings. The van der Waals surface area contributed by atoms with Crippen LogP contribution >= 0.6 is 0 Å². The average molecular weight is 321 g/mol. The maximum Gasteiger partial charge on any atom is 0.324 e. The van der Waals surface area contributed by atoms with Gasteiger partial charge < -0.3 is 5.32 Å². The van der Waals surface area contributed by atoms with Crippen molar-refractivity contribution in [2.75, 3.05) is 10.6 Å². The van der Waals surface area contributed by atoms with Crippen LogP contribution in [0.1, 0.15) is 16.7 Å². The zero-order chi connectivity index (χ0) is 16.9. The molecule has 0 atom stereocenters.